The summed E-state index contributed by atoms with van der Waals surface area (Å²) >= 11 is 0. The summed E-state index contributed by atoms with van der Waals surface area (Å²) in [5.41, 5.74) is 0.933. The van der Waals surface area contributed by atoms with Gasteiger partial charge in [0.2, 0.25) is 0 Å². The Bertz CT molecular complexity index is 730. The fraction of sp³-hybridized carbons (Fsp3) is 0.609. The quantitative estimate of drug-likeness (QED) is 0.660. The second-order valence-corrected chi connectivity index (χ2v) is 8.53. The van der Waals surface area contributed by atoms with Crippen LogP contribution in [0.4, 0.5) is 4.79 Å². The second-order valence-electron chi connectivity index (χ2n) is 8.53. The number of carboxylic acids is 1. The van der Waals surface area contributed by atoms with E-state index < -0.39 is 24.1 Å². The lowest BCUT2D eigenvalue weighted by Crippen LogP contribution is -2.47. The molecule has 3 amide bonds. The third-order valence-corrected chi connectivity index (χ3v) is 6.53. The summed E-state index contributed by atoms with van der Waals surface area (Å²) in [4.78, 5) is 41.3. The first kappa shape index (κ1) is 21.3. The smallest absolute Gasteiger partial charge is 0.328 e. The van der Waals surface area contributed by atoms with E-state index in [4.69, 9.17) is 0 Å². The van der Waals surface area contributed by atoms with Gasteiger partial charge < -0.3 is 10.0 Å². The van der Waals surface area contributed by atoms with Gasteiger partial charge in [0, 0.05) is 6.54 Å². The van der Waals surface area contributed by atoms with Gasteiger partial charge in [-0.2, -0.15) is 0 Å². The molecule has 2 aliphatic rings. The van der Waals surface area contributed by atoms with E-state index in [9.17, 15) is 19.5 Å². The van der Waals surface area contributed by atoms with Crippen LogP contribution >= 0.6 is 0 Å². The average Bonchev–Trinajstić information content (AvgIpc) is 2.96. The first-order valence-electron chi connectivity index (χ1n) is 10.8. The van der Waals surface area contributed by atoms with Crippen LogP contribution in [0.5, 0.6) is 0 Å². The third-order valence-electron chi connectivity index (χ3n) is 6.53. The zero-order valence-corrected chi connectivity index (χ0v) is 17.4. The summed E-state index contributed by atoms with van der Waals surface area (Å²) in [7, 11) is 0. The molecule has 1 N–H and O–H groups in total. The van der Waals surface area contributed by atoms with Crippen LogP contribution in [0.3, 0.4) is 0 Å². The van der Waals surface area contributed by atoms with Gasteiger partial charge in [-0.3, -0.25) is 4.79 Å². The molecular formula is C23H32N2O4. The molecular weight excluding hydrogens is 368 g/mol. The van der Waals surface area contributed by atoms with Gasteiger partial charge in [0.1, 0.15) is 12.1 Å². The van der Waals surface area contributed by atoms with E-state index in [1.165, 1.54) is 6.42 Å². The number of hydrogen-bond donors (Lipinski definition) is 1. The fourth-order valence-corrected chi connectivity index (χ4v) is 4.69. The Kier molecular flexibility index (Phi) is 6.93. The number of amides is 3. The first-order valence-corrected chi connectivity index (χ1v) is 10.8. The second kappa shape index (κ2) is 9.42. The molecule has 158 valence electrons. The van der Waals surface area contributed by atoms with E-state index >= 15 is 0 Å². The van der Waals surface area contributed by atoms with E-state index in [-0.39, 0.29) is 17.7 Å². The van der Waals surface area contributed by atoms with Crippen molar-refractivity contribution in [3.05, 3.63) is 35.9 Å². The van der Waals surface area contributed by atoms with E-state index in [0.717, 1.165) is 42.6 Å². The van der Waals surface area contributed by atoms with Gasteiger partial charge in [0.25, 0.3) is 5.91 Å². The van der Waals surface area contributed by atoms with Crippen molar-refractivity contribution in [2.45, 2.75) is 77.4 Å². The zero-order valence-electron chi connectivity index (χ0n) is 17.4. The Hall–Kier alpha value is -2.37. The van der Waals surface area contributed by atoms with Crippen LogP contribution in [0.1, 0.15) is 64.4 Å². The number of rotatable bonds is 8. The standard InChI is InChI=1S/C23H32N2O4/c1-3-16(2)20-21(26)25(19(22(27)28)14-17-10-6-4-7-11-17)23(29)24(20)15-18-12-8-5-9-13-18/h5,8-9,12-13,16-17,19-20H,3-4,6-7,10-11,14-15H2,1-2H3,(H,27,28). The maximum atomic E-state index is 13.3. The van der Waals surface area contributed by atoms with Crippen LogP contribution in [0.15, 0.2) is 30.3 Å². The van der Waals surface area contributed by atoms with Crippen LogP contribution in [0.2, 0.25) is 0 Å². The van der Waals surface area contributed by atoms with E-state index in [1.54, 1.807) is 4.90 Å². The Labute approximate surface area is 172 Å². The molecule has 1 aliphatic heterocycles. The highest BCUT2D eigenvalue weighted by Gasteiger charge is 2.51. The molecule has 0 radical (unpaired) electrons. The van der Waals surface area contributed by atoms with Crippen molar-refractivity contribution in [1.82, 2.24) is 9.80 Å². The molecule has 1 heterocycles. The van der Waals surface area contributed by atoms with Crippen molar-refractivity contribution in [2.24, 2.45) is 11.8 Å². The molecule has 0 bridgehead atoms. The predicted molar refractivity (Wildman–Crippen MR) is 110 cm³/mol. The number of carbonyl (C=O) groups is 3. The van der Waals surface area contributed by atoms with Gasteiger partial charge in [-0.15, -0.1) is 0 Å². The van der Waals surface area contributed by atoms with E-state index in [2.05, 4.69) is 0 Å². The minimum Gasteiger partial charge on any atom is -0.480 e. The number of hydrogen-bond acceptors (Lipinski definition) is 3. The summed E-state index contributed by atoms with van der Waals surface area (Å²) in [6.45, 7) is 4.25. The molecule has 1 aromatic rings. The topological polar surface area (TPSA) is 77.9 Å². The van der Waals surface area contributed by atoms with Gasteiger partial charge >= 0.3 is 12.0 Å². The zero-order chi connectivity index (χ0) is 21.0. The molecule has 0 aromatic heterocycles. The van der Waals surface area contributed by atoms with Crippen LogP contribution in [0.25, 0.3) is 0 Å². The number of benzene rings is 1. The van der Waals surface area contributed by atoms with Gasteiger partial charge in [-0.25, -0.2) is 14.5 Å². The number of carbonyl (C=O) groups excluding carboxylic acids is 2. The highest BCUT2D eigenvalue weighted by atomic mass is 16.4. The van der Waals surface area contributed by atoms with Crippen LogP contribution < -0.4 is 0 Å². The maximum Gasteiger partial charge on any atom is 0.328 e. The summed E-state index contributed by atoms with van der Waals surface area (Å²) in [6.07, 6.45) is 6.41. The molecule has 6 nitrogen and oxygen atoms in total. The molecule has 1 aromatic carbocycles. The van der Waals surface area contributed by atoms with Gasteiger partial charge in [-0.1, -0.05) is 82.7 Å². The lowest BCUT2D eigenvalue weighted by molar-refractivity contribution is -0.148. The normalized spacial score (nSPS) is 22.8. The number of nitrogens with zero attached hydrogens (tertiary/aromatic N) is 2. The maximum absolute atomic E-state index is 13.3. The Morgan fingerprint density at radius 2 is 1.79 bits per heavy atom. The number of carboxylic acid groups (broad SMARTS) is 1. The van der Waals surface area contributed by atoms with Crippen molar-refractivity contribution in [3.63, 3.8) is 0 Å². The Morgan fingerprint density at radius 1 is 1.14 bits per heavy atom. The van der Waals surface area contributed by atoms with Gasteiger partial charge in [0.15, 0.2) is 0 Å². The average molecular weight is 401 g/mol. The highest BCUT2D eigenvalue weighted by Crippen LogP contribution is 2.33. The molecule has 29 heavy (non-hydrogen) atoms. The molecule has 3 unspecified atom stereocenters. The summed E-state index contributed by atoms with van der Waals surface area (Å²) in [6, 6.07) is 7.39. The van der Waals surface area contributed by atoms with Crippen molar-refractivity contribution in [3.8, 4) is 0 Å². The summed E-state index contributed by atoms with van der Waals surface area (Å²) < 4.78 is 0. The van der Waals surface area contributed by atoms with Gasteiger partial charge in [0.05, 0.1) is 0 Å². The Morgan fingerprint density at radius 3 is 2.38 bits per heavy atom. The minimum atomic E-state index is -1.08. The summed E-state index contributed by atoms with van der Waals surface area (Å²) in [5, 5.41) is 9.89. The van der Waals surface area contributed by atoms with Crippen molar-refractivity contribution in [2.75, 3.05) is 0 Å². The Balaban J connectivity index is 1.87. The van der Waals surface area contributed by atoms with Crippen molar-refractivity contribution >= 4 is 17.9 Å². The lowest BCUT2D eigenvalue weighted by Gasteiger charge is -2.28. The van der Waals surface area contributed by atoms with Crippen molar-refractivity contribution in [1.29, 1.82) is 0 Å². The largest absolute Gasteiger partial charge is 0.480 e. The third kappa shape index (κ3) is 4.62. The molecule has 1 saturated heterocycles. The number of urea groups is 1. The monoisotopic (exact) mass is 400 g/mol. The van der Waals surface area contributed by atoms with E-state index in [1.807, 2.05) is 44.2 Å². The fourth-order valence-electron chi connectivity index (χ4n) is 4.69. The predicted octanol–water partition coefficient (Wildman–Crippen LogP) is 4.29. The summed E-state index contributed by atoms with van der Waals surface area (Å²) in [5.74, 6) is -1.22. The first-order chi connectivity index (χ1) is 13.9. The van der Waals surface area contributed by atoms with Crippen molar-refractivity contribution < 1.29 is 19.5 Å². The molecule has 6 heteroatoms. The SMILES string of the molecule is CCC(C)C1C(=O)N(C(CC2CCCCC2)C(=O)O)C(=O)N1Cc1ccccc1. The van der Waals surface area contributed by atoms with Gasteiger partial charge in [-0.05, 0) is 23.8 Å². The molecule has 3 rings (SSSR count). The molecule has 1 aliphatic carbocycles. The van der Waals surface area contributed by atoms with Crippen LogP contribution in [-0.4, -0.2) is 44.9 Å². The molecule has 0 spiro atoms. The molecule has 1 saturated carbocycles. The highest BCUT2D eigenvalue weighted by molar-refractivity contribution is 6.07. The van der Waals surface area contributed by atoms with E-state index in [0.29, 0.717) is 13.0 Å². The minimum absolute atomic E-state index is 0.0377. The number of imide groups is 1. The lowest BCUT2D eigenvalue weighted by atomic mass is 9.84. The molecule has 2 fully saturated rings. The van der Waals surface area contributed by atoms with Crippen LogP contribution in [-0.2, 0) is 16.1 Å². The van der Waals surface area contributed by atoms with Crippen LogP contribution in [0, 0.1) is 11.8 Å². The molecule has 3 atom stereocenters. The number of aliphatic carboxylic acids is 1.